The van der Waals surface area contributed by atoms with Crippen LogP contribution < -0.4 is 5.73 Å². The lowest BCUT2D eigenvalue weighted by Gasteiger charge is -2.34. The van der Waals surface area contributed by atoms with Gasteiger partial charge in [-0.15, -0.1) is 0 Å². The Morgan fingerprint density at radius 1 is 1.25 bits per heavy atom. The van der Waals surface area contributed by atoms with E-state index in [1.54, 1.807) is 0 Å². The number of amides is 1. The number of likely N-dealkylation sites (N-methyl/N-ethyl adjacent to an activating group) is 1. The summed E-state index contributed by atoms with van der Waals surface area (Å²) < 4.78 is 0. The lowest BCUT2D eigenvalue weighted by Crippen LogP contribution is -2.55. The van der Waals surface area contributed by atoms with Crippen molar-refractivity contribution in [3.63, 3.8) is 0 Å². The molecule has 3 nitrogen and oxygen atoms in total. The van der Waals surface area contributed by atoms with Crippen molar-refractivity contribution in [3.8, 4) is 0 Å². The fraction of sp³-hybridized carbons (Fsp3) is 0.923. The molecule has 0 rings (SSSR count). The van der Waals surface area contributed by atoms with Crippen molar-refractivity contribution >= 4 is 5.91 Å². The van der Waals surface area contributed by atoms with Gasteiger partial charge < -0.3 is 10.6 Å². The fourth-order valence-corrected chi connectivity index (χ4v) is 1.94. The predicted molar refractivity (Wildman–Crippen MR) is 69.2 cm³/mol. The van der Waals surface area contributed by atoms with Gasteiger partial charge in [0, 0.05) is 13.1 Å². The second-order valence-electron chi connectivity index (χ2n) is 5.26. The molecule has 1 unspecified atom stereocenters. The molecule has 0 radical (unpaired) electrons. The van der Waals surface area contributed by atoms with Crippen molar-refractivity contribution in [2.24, 2.45) is 11.7 Å². The molecule has 3 heteroatoms. The number of nitrogens with two attached hydrogens (primary N) is 1. The molecular weight excluding hydrogens is 200 g/mol. The molecular formula is C13H28N2O. The molecule has 0 aliphatic heterocycles. The minimum absolute atomic E-state index is 0.0747. The molecule has 16 heavy (non-hydrogen) atoms. The first-order valence-electron chi connectivity index (χ1n) is 6.34. The highest BCUT2D eigenvalue weighted by molar-refractivity contribution is 5.86. The van der Waals surface area contributed by atoms with Gasteiger partial charge in [0.2, 0.25) is 5.91 Å². The van der Waals surface area contributed by atoms with Crippen LogP contribution in [0.3, 0.4) is 0 Å². The van der Waals surface area contributed by atoms with Gasteiger partial charge in [-0.1, -0.05) is 27.7 Å². The Bertz CT molecular complexity index is 222. The van der Waals surface area contributed by atoms with E-state index >= 15 is 0 Å². The zero-order valence-electron chi connectivity index (χ0n) is 11.7. The molecule has 2 N–H and O–H groups in total. The largest absolute Gasteiger partial charge is 0.341 e. The number of hydrogen-bond donors (Lipinski definition) is 1. The van der Waals surface area contributed by atoms with Crippen LogP contribution in [0, 0.1) is 5.92 Å². The molecule has 0 saturated heterocycles. The summed E-state index contributed by atoms with van der Waals surface area (Å²) in [6.07, 6.45) is 2.41. The standard InChI is InChI=1S/C13H28N2O/c1-7-13(14,8-2)12(16)15(6)11(5)9-10(3)4/h10-11H,7-9,14H2,1-6H3. The Kier molecular flexibility index (Phi) is 6.01. The van der Waals surface area contributed by atoms with Crippen LogP contribution in [0.15, 0.2) is 0 Å². The van der Waals surface area contributed by atoms with E-state index < -0.39 is 5.54 Å². The molecule has 0 spiro atoms. The molecule has 96 valence electrons. The first-order chi connectivity index (χ1) is 7.28. The smallest absolute Gasteiger partial charge is 0.242 e. The van der Waals surface area contributed by atoms with Crippen molar-refractivity contribution in [1.82, 2.24) is 4.90 Å². The van der Waals surface area contributed by atoms with Crippen LogP contribution in [0.25, 0.3) is 0 Å². The topological polar surface area (TPSA) is 46.3 Å². The summed E-state index contributed by atoms with van der Waals surface area (Å²) in [5.41, 5.74) is 5.44. The average molecular weight is 228 g/mol. The molecule has 0 heterocycles. The minimum atomic E-state index is -0.681. The maximum atomic E-state index is 12.3. The zero-order valence-corrected chi connectivity index (χ0v) is 11.7. The SMILES string of the molecule is CCC(N)(CC)C(=O)N(C)C(C)CC(C)C. The predicted octanol–water partition coefficient (Wildman–Crippen LogP) is 2.40. The monoisotopic (exact) mass is 228 g/mol. The molecule has 0 aromatic rings. The van der Waals surface area contributed by atoms with Gasteiger partial charge in [0.15, 0.2) is 0 Å². The first-order valence-corrected chi connectivity index (χ1v) is 6.34. The highest BCUT2D eigenvalue weighted by Crippen LogP contribution is 2.18. The summed E-state index contributed by atoms with van der Waals surface area (Å²) in [6.45, 7) is 10.4. The van der Waals surface area contributed by atoms with Gasteiger partial charge in [0.05, 0.1) is 5.54 Å². The normalized spacial score (nSPS) is 14.0. The van der Waals surface area contributed by atoms with Crippen LogP contribution >= 0.6 is 0 Å². The molecule has 0 aliphatic rings. The van der Waals surface area contributed by atoms with Gasteiger partial charge >= 0.3 is 0 Å². The Labute approximate surface area is 100 Å². The maximum Gasteiger partial charge on any atom is 0.242 e. The maximum absolute atomic E-state index is 12.3. The van der Waals surface area contributed by atoms with E-state index in [4.69, 9.17) is 5.73 Å². The lowest BCUT2D eigenvalue weighted by molar-refractivity contribution is -0.138. The van der Waals surface area contributed by atoms with Crippen LogP contribution in [0.1, 0.15) is 53.9 Å². The van der Waals surface area contributed by atoms with Gasteiger partial charge in [-0.05, 0) is 32.1 Å². The van der Waals surface area contributed by atoms with E-state index in [2.05, 4.69) is 20.8 Å². The minimum Gasteiger partial charge on any atom is -0.341 e. The van der Waals surface area contributed by atoms with Crippen molar-refractivity contribution in [2.75, 3.05) is 7.05 Å². The third kappa shape index (κ3) is 3.78. The Hall–Kier alpha value is -0.570. The van der Waals surface area contributed by atoms with E-state index in [1.165, 1.54) is 0 Å². The van der Waals surface area contributed by atoms with Crippen molar-refractivity contribution in [1.29, 1.82) is 0 Å². The van der Waals surface area contributed by atoms with Gasteiger partial charge in [-0.3, -0.25) is 4.79 Å². The highest BCUT2D eigenvalue weighted by atomic mass is 16.2. The van der Waals surface area contributed by atoms with Crippen LogP contribution in [-0.4, -0.2) is 29.4 Å². The Morgan fingerprint density at radius 3 is 2.00 bits per heavy atom. The van der Waals surface area contributed by atoms with Crippen molar-refractivity contribution in [3.05, 3.63) is 0 Å². The molecule has 0 aliphatic carbocycles. The van der Waals surface area contributed by atoms with Gasteiger partial charge in [0.1, 0.15) is 0 Å². The summed E-state index contributed by atoms with van der Waals surface area (Å²) in [5, 5.41) is 0. The molecule has 0 fully saturated rings. The number of nitrogens with zero attached hydrogens (tertiary/aromatic N) is 1. The summed E-state index contributed by atoms with van der Waals surface area (Å²) in [4.78, 5) is 14.1. The number of carbonyl (C=O) groups is 1. The lowest BCUT2D eigenvalue weighted by atomic mass is 9.91. The van der Waals surface area contributed by atoms with Gasteiger partial charge in [-0.2, -0.15) is 0 Å². The van der Waals surface area contributed by atoms with Crippen molar-refractivity contribution < 1.29 is 4.79 Å². The summed E-state index contributed by atoms with van der Waals surface area (Å²) in [6, 6.07) is 0.258. The number of hydrogen-bond acceptors (Lipinski definition) is 2. The van der Waals surface area contributed by atoms with Crippen molar-refractivity contribution in [2.45, 2.75) is 65.5 Å². The molecule has 0 bridgehead atoms. The van der Waals surface area contributed by atoms with Crippen LogP contribution in [0.4, 0.5) is 0 Å². The third-order valence-corrected chi connectivity index (χ3v) is 3.48. The molecule has 1 atom stereocenters. The van der Waals surface area contributed by atoms with Crippen LogP contribution in [0.5, 0.6) is 0 Å². The summed E-state index contributed by atoms with van der Waals surface area (Å²) >= 11 is 0. The Balaban J connectivity index is 4.59. The number of carbonyl (C=O) groups excluding carboxylic acids is 1. The van der Waals surface area contributed by atoms with E-state index in [-0.39, 0.29) is 11.9 Å². The first kappa shape index (κ1) is 15.4. The van der Waals surface area contributed by atoms with E-state index in [0.29, 0.717) is 18.8 Å². The second-order valence-corrected chi connectivity index (χ2v) is 5.26. The average Bonchev–Trinajstić information content (AvgIpc) is 2.24. The Morgan fingerprint density at radius 2 is 1.69 bits per heavy atom. The highest BCUT2D eigenvalue weighted by Gasteiger charge is 2.34. The molecule has 0 aromatic heterocycles. The van der Waals surface area contributed by atoms with Gasteiger partial charge in [-0.25, -0.2) is 0 Å². The zero-order chi connectivity index (χ0) is 12.9. The third-order valence-electron chi connectivity index (χ3n) is 3.48. The quantitative estimate of drug-likeness (QED) is 0.759. The number of rotatable bonds is 6. The van der Waals surface area contributed by atoms with Crippen LogP contribution in [-0.2, 0) is 4.79 Å². The molecule has 0 aromatic carbocycles. The van der Waals surface area contributed by atoms with Crippen LogP contribution in [0.2, 0.25) is 0 Å². The van der Waals surface area contributed by atoms with E-state index in [9.17, 15) is 4.79 Å². The molecule has 1 amide bonds. The summed E-state index contributed by atoms with van der Waals surface area (Å²) in [5.74, 6) is 0.673. The second kappa shape index (κ2) is 6.24. The fourth-order valence-electron chi connectivity index (χ4n) is 1.94. The van der Waals surface area contributed by atoms with E-state index in [0.717, 1.165) is 6.42 Å². The molecule has 0 saturated carbocycles. The summed E-state index contributed by atoms with van der Waals surface area (Å²) in [7, 11) is 1.86. The van der Waals surface area contributed by atoms with Gasteiger partial charge in [0.25, 0.3) is 0 Å². The van der Waals surface area contributed by atoms with E-state index in [1.807, 2.05) is 25.8 Å².